The van der Waals surface area contributed by atoms with Gasteiger partial charge >= 0.3 is 0 Å². The molecule has 0 amide bonds. The summed E-state index contributed by atoms with van der Waals surface area (Å²) < 4.78 is 5.49. The summed E-state index contributed by atoms with van der Waals surface area (Å²) in [7, 11) is 1.71. The summed E-state index contributed by atoms with van der Waals surface area (Å²) in [6, 6.07) is 12.6. The first kappa shape index (κ1) is 14.4. The number of methoxy groups -OCH3 is 1. The zero-order chi connectivity index (χ0) is 14.4. The Morgan fingerprint density at radius 1 is 1.25 bits per heavy atom. The van der Waals surface area contributed by atoms with E-state index in [1.807, 2.05) is 12.1 Å². The van der Waals surface area contributed by atoms with Gasteiger partial charge in [-0.2, -0.15) is 0 Å². The third kappa shape index (κ3) is 3.12. The molecule has 0 aliphatic rings. The van der Waals surface area contributed by atoms with Gasteiger partial charge in [-0.15, -0.1) is 6.42 Å². The quantitative estimate of drug-likeness (QED) is 0.805. The molecular weight excluding hydrogens is 246 g/mol. The average Bonchev–Trinajstić information content (AvgIpc) is 2.51. The van der Waals surface area contributed by atoms with Crippen molar-refractivity contribution in [2.45, 2.75) is 32.4 Å². The van der Waals surface area contributed by atoms with Crippen molar-refractivity contribution in [3.63, 3.8) is 0 Å². The third-order valence-corrected chi connectivity index (χ3v) is 3.52. The zero-order valence-electron chi connectivity index (χ0n) is 12.1. The zero-order valence-corrected chi connectivity index (χ0v) is 12.1. The van der Waals surface area contributed by atoms with Crippen LogP contribution in [0.1, 0.15) is 25.3 Å². The van der Waals surface area contributed by atoms with Gasteiger partial charge in [0, 0.05) is 12.1 Å². The highest BCUT2D eigenvalue weighted by Crippen LogP contribution is 2.27. The first-order chi connectivity index (χ1) is 9.80. The summed E-state index contributed by atoms with van der Waals surface area (Å²) in [5.41, 5.74) is 1.17. The summed E-state index contributed by atoms with van der Waals surface area (Å²) in [4.78, 5) is 0. The second kappa shape index (κ2) is 6.98. The highest BCUT2D eigenvalue weighted by atomic mass is 16.5. The SMILES string of the molecule is C#CC(CCC)NCc1c(OC)ccc2ccccc12. The van der Waals surface area contributed by atoms with E-state index < -0.39 is 0 Å². The summed E-state index contributed by atoms with van der Waals surface area (Å²) in [5, 5.41) is 5.87. The highest BCUT2D eigenvalue weighted by molar-refractivity contribution is 5.87. The van der Waals surface area contributed by atoms with Crippen LogP contribution in [0.3, 0.4) is 0 Å². The Morgan fingerprint density at radius 2 is 2.05 bits per heavy atom. The van der Waals surface area contributed by atoms with Gasteiger partial charge in [0.15, 0.2) is 0 Å². The average molecular weight is 267 g/mol. The lowest BCUT2D eigenvalue weighted by Gasteiger charge is -2.16. The van der Waals surface area contributed by atoms with Crippen molar-refractivity contribution in [2.24, 2.45) is 0 Å². The molecule has 0 saturated heterocycles. The minimum Gasteiger partial charge on any atom is -0.496 e. The van der Waals surface area contributed by atoms with E-state index >= 15 is 0 Å². The number of fused-ring (bicyclic) bond motifs is 1. The fraction of sp³-hybridized carbons (Fsp3) is 0.333. The Labute approximate surface area is 121 Å². The molecule has 1 unspecified atom stereocenters. The van der Waals surface area contributed by atoms with E-state index in [1.165, 1.54) is 16.3 Å². The molecule has 2 aromatic rings. The van der Waals surface area contributed by atoms with Crippen molar-refractivity contribution >= 4 is 10.8 Å². The normalized spacial score (nSPS) is 12.1. The van der Waals surface area contributed by atoms with Crippen LogP contribution in [0.15, 0.2) is 36.4 Å². The lowest BCUT2D eigenvalue weighted by atomic mass is 10.0. The number of terminal acetylenes is 1. The molecule has 0 fully saturated rings. The summed E-state index contributed by atoms with van der Waals surface area (Å²) >= 11 is 0. The molecule has 2 aromatic carbocycles. The van der Waals surface area contributed by atoms with Gasteiger partial charge in [0.25, 0.3) is 0 Å². The van der Waals surface area contributed by atoms with E-state index in [0.717, 1.165) is 25.1 Å². The second-order valence-electron chi connectivity index (χ2n) is 4.86. The maximum Gasteiger partial charge on any atom is 0.123 e. The molecule has 0 saturated carbocycles. The smallest absolute Gasteiger partial charge is 0.123 e. The van der Waals surface area contributed by atoms with Crippen molar-refractivity contribution in [2.75, 3.05) is 7.11 Å². The van der Waals surface area contributed by atoms with Crippen molar-refractivity contribution < 1.29 is 4.74 Å². The molecule has 0 aliphatic heterocycles. The molecule has 0 aromatic heterocycles. The molecular formula is C18H21NO. The number of rotatable bonds is 6. The van der Waals surface area contributed by atoms with Crippen molar-refractivity contribution in [3.8, 4) is 18.1 Å². The minimum absolute atomic E-state index is 0.115. The van der Waals surface area contributed by atoms with E-state index in [2.05, 4.69) is 42.4 Å². The highest BCUT2D eigenvalue weighted by Gasteiger charge is 2.10. The van der Waals surface area contributed by atoms with Crippen LogP contribution in [0.25, 0.3) is 10.8 Å². The number of hydrogen-bond donors (Lipinski definition) is 1. The number of nitrogens with one attached hydrogen (secondary N) is 1. The maximum atomic E-state index is 5.56. The van der Waals surface area contributed by atoms with E-state index in [0.29, 0.717) is 0 Å². The van der Waals surface area contributed by atoms with Crippen LogP contribution in [0.4, 0.5) is 0 Å². The molecule has 2 rings (SSSR count). The molecule has 0 spiro atoms. The maximum absolute atomic E-state index is 5.56. The molecule has 1 atom stereocenters. The van der Waals surface area contributed by atoms with E-state index in [1.54, 1.807) is 7.11 Å². The van der Waals surface area contributed by atoms with Gasteiger partial charge in [-0.3, -0.25) is 5.32 Å². The Bertz CT molecular complexity index is 612. The monoisotopic (exact) mass is 267 g/mol. The van der Waals surface area contributed by atoms with Gasteiger partial charge in [-0.05, 0) is 23.3 Å². The summed E-state index contributed by atoms with van der Waals surface area (Å²) in [5.74, 6) is 3.71. The van der Waals surface area contributed by atoms with Crippen LogP contribution in [0, 0.1) is 12.3 Å². The predicted molar refractivity (Wildman–Crippen MR) is 84.9 cm³/mol. The fourth-order valence-electron chi connectivity index (χ4n) is 2.45. The molecule has 0 radical (unpaired) electrons. The van der Waals surface area contributed by atoms with Crippen LogP contribution in [0.2, 0.25) is 0 Å². The number of benzene rings is 2. The van der Waals surface area contributed by atoms with Crippen LogP contribution >= 0.6 is 0 Å². The molecule has 0 bridgehead atoms. The van der Waals surface area contributed by atoms with Crippen molar-refractivity contribution in [1.82, 2.24) is 5.32 Å². The van der Waals surface area contributed by atoms with E-state index in [9.17, 15) is 0 Å². The number of ether oxygens (including phenoxy) is 1. The van der Waals surface area contributed by atoms with Crippen molar-refractivity contribution in [1.29, 1.82) is 0 Å². The largest absolute Gasteiger partial charge is 0.496 e. The molecule has 0 heterocycles. The van der Waals surface area contributed by atoms with Gasteiger partial charge in [0.2, 0.25) is 0 Å². The summed E-state index contributed by atoms with van der Waals surface area (Å²) in [6.07, 6.45) is 7.63. The van der Waals surface area contributed by atoms with E-state index in [-0.39, 0.29) is 6.04 Å². The van der Waals surface area contributed by atoms with E-state index in [4.69, 9.17) is 11.2 Å². The minimum atomic E-state index is 0.115. The fourth-order valence-corrected chi connectivity index (χ4v) is 2.45. The van der Waals surface area contributed by atoms with Gasteiger partial charge in [0.1, 0.15) is 5.75 Å². The Kier molecular flexibility index (Phi) is 5.03. The molecule has 0 aliphatic carbocycles. The first-order valence-electron chi connectivity index (χ1n) is 7.04. The van der Waals surface area contributed by atoms with Gasteiger partial charge < -0.3 is 4.74 Å². The van der Waals surface area contributed by atoms with Crippen LogP contribution in [0.5, 0.6) is 5.75 Å². The first-order valence-corrected chi connectivity index (χ1v) is 7.04. The lowest BCUT2D eigenvalue weighted by Crippen LogP contribution is -2.27. The Hall–Kier alpha value is -1.98. The standard InChI is InChI=1S/C18H21NO/c1-4-8-15(5-2)19-13-17-16-10-7-6-9-14(16)11-12-18(17)20-3/h2,6-7,9-12,15,19H,4,8,13H2,1,3H3. The lowest BCUT2D eigenvalue weighted by molar-refractivity contribution is 0.407. The third-order valence-electron chi connectivity index (χ3n) is 3.52. The van der Waals surface area contributed by atoms with Crippen molar-refractivity contribution in [3.05, 3.63) is 42.0 Å². The molecule has 2 heteroatoms. The predicted octanol–water partition coefficient (Wildman–Crippen LogP) is 3.74. The molecule has 104 valence electrons. The number of hydrogen-bond acceptors (Lipinski definition) is 2. The topological polar surface area (TPSA) is 21.3 Å². The van der Waals surface area contributed by atoms with Gasteiger partial charge in [0.05, 0.1) is 13.2 Å². The second-order valence-corrected chi connectivity index (χ2v) is 4.86. The Morgan fingerprint density at radius 3 is 2.75 bits per heavy atom. The van der Waals surface area contributed by atoms with Gasteiger partial charge in [-0.25, -0.2) is 0 Å². The Balaban J connectivity index is 2.30. The van der Waals surface area contributed by atoms with Gasteiger partial charge in [-0.1, -0.05) is 49.6 Å². The molecule has 20 heavy (non-hydrogen) atoms. The van der Waals surface area contributed by atoms with Crippen LogP contribution in [-0.2, 0) is 6.54 Å². The van der Waals surface area contributed by atoms with Crippen LogP contribution in [-0.4, -0.2) is 13.2 Å². The molecule has 2 nitrogen and oxygen atoms in total. The molecule has 1 N–H and O–H groups in total. The van der Waals surface area contributed by atoms with Crippen LogP contribution < -0.4 is 10.1 Å². The summed E-state index contributed by atoms with van der Waals surface area (Å²) in [6.45, 7) is 2.86.